The zero-order chi connectivity index (χ0) is 12.3. The molecular weight excluding hydrogens is 217 g/mol. The van der Waals surface area contributed by atoms with Gasteiger partial charge in [0, 0.05) is 12.1 Å². The van der Waals surface area contributed by atoms with E-state index >= 15 is 0 Å². The van der Waals surface area contributed by atoms with Crippen LogP contribution in [-0.2, 0) is 6.42 Å². The van der Waals surface area contributed by atoms with Crippen molar-refractivity contribution in [2.24, 2.45) is 0 Å². The Morgan fingerprint density at radius 1 is 1.35 bits per heavy atom. The number of benzene rings is 1. The predicted molar refractivity (Wildman–Crippen MR) is 66.9 cm³/mol. The maximum Gasteiger partial charge on any atom is 0.127 e. The maximum atomic E-state index is 13.4. The van der Waals surface area contributed by atoms with Crippen LogP contribution in [0.3, 0.4) is 0 Å². The monoisotopic (exact) mass is 237 g/mol. The average Bonchev–Trinajstić information content (AvgIpc) is 2.22. The molecule has 0 spiro atoms. The lowest BCUT2D eigenvalue weighted by Gasteiger charge is -2.35. The van der Waals surface area contributed by atoms with Crippen LogP contribution in [-0.4, -0.2) is 19.2 Å². The minimum atomic E-state index is -0.199. The van der Waals surface area contributed by atoms with Crippen LogP contribution in [0.15, 0.2) is 18.2 Å². The molecule has 0 aliphatic heterocycles. The van der Waals surface area contributed by atoms with Crippen LogP contribution in [0.2, 0.25) is 0 Å². The molecule has 0 amide bonds. The summed E-state index contributed by atoms with van der Waals surface area (Å²) in [5, 5.41) is 3.21. The fraction of sp³-hybridized carbons (Fsp3) is 0.571. The molecule has 1 N–H and O–H groups in total. The minimum Gasteiger partial charge on any atom is -0.490 e. The molecule has 0 unspecified atom stereocenters. The highest BCUT2D eigenvalue weighted by Crippen LogP contribution is 2.27. The van der Waals surface area contributed by atoms with Gasteiger partial charge < -0.3 is 10.1 Å². The number of hydrogen-bond donors (Lipinski definition) is 1. The van der Waals surface area contributed by atoms with E-state index in [1.54, 1.807) is 6.07 Å². The lowest BCUT2D eigenvalue weighted by Crippen LogP contribution is -2.45. The Balaban J connectivity index is 1.96. The average molecular weight is 237 g/mol. The van der Waals surface area contributed by atoms with Gasteiger partial charge in [-0.1, -0.05) is 13.3 Å². The predicted octanol–water partition coefficient (Wildman–Crippen LogP) is 2.91. The van der Waals surface area contributed by atoms with Gasteiger partial charge in [0.15, 0.2) is 0 Å². The van der Waals surface area contributed by atoms with Crippen molar-refractivity contribution >= 4 is 0 Å². The molecule has 1 aliphatic carbocycles. The molecule has 1 aliphatic rings. The summed E-state index contributed by atoms with van der Waals surface area (Å²) in [6.45, 7) is 2.09. The molecule has 3 heteroatoms. The van der Waals surface area contributed by atoms with E-state index in [9.17, 15) is 4.39 Å². The molecule has 0 bridgehead atoms. The number of aryl methyl sites for hydroxylation is 1. The highest BCUT2D eigenvalue weighted by Gasteiger charge is 2.29. The Morgan fingerprint density at radius 3 is 2.76 bits per heavy atom. The first kappa shape index (κ1) is 12.4. The van der Waals surface area contributed by atoms with Crippen molar-refractivity contribution in [3.8, 4) is 5.75 Å². The molecule has 2 nitrogen and oxygen atoms in total. The van der Waals surface area contributed by atoms with Crippen molar-refractivity contribution in [2.75, 3.05) is 7.05 Å². The van der Waals surface area contributed by atoms with Gasteiger partial charge in [0.05, 0.1) is 0 Å². The zero-order valence-corrected chi connectivity index (χ0v) is 10.5. The summed E-state index contributed by atoms with van der Waals surface area (Å²) < 4.78 is 19.1. The summed E-state index contributed by atoms with van der Waals surface area (Å²) in [6, 6.07) is 5.59. The van der Waals surface area contributed by atoms with E-state index in [4.69, 9.17) is 4.74 Å². The van der Waals surface area contributed by atoms with Crippen LogP contribution in [0.5, 0.6) is 5.75 Å². The van der Waals surface area contributed by atoms with Crippen molar-refractivity contribution in [3.63, 3.8) is 0 Å². The van der Waals surface area contributed by atoms with Crippen LogP contribution >= 0.6 is 0 Å². The van der Waals surface area contributed by atoms with E-state index in [1.165, 1.54) is 6.07 Å². The number of ether oxygens (including phenoxy) is 1. The van der Waals surface area contributed by atoms with Gasteiger partial charge in [-0.3, -0.25) is 0 Å². The Kier molecular flexibility index (Phi) is 4.00. The molecule has 0 atom stereocenters. The third-order valence-corrected chi connectivity index (χ3v) is 3.28. The molecule has 1 aromatic carbocycles. The van der Waals surface area contributed by atoms with Gasteiger partial charge in [0.25, 0.3) is 0 Å². The zero-order valence-electron chi connectivity index (χ0n) is 10.5. The van der Waals surface area contributed by atoms with Gasteiger partial charge in [-0.2, -0.15) is 0 Å². The molecule has 0 aromatic heterocycles. The number of hydrogen-bond acceptors (Lipinski definition) is 2. The van der Waals surface area contributed by atoms with Gasteiger partial charge >= 0.3 is 0 Å². The van der Waals surface area contributed by atoms with Crippen molar-refractivity contribution in [1.29, 1.82) is 0 Å². The fourth-order valence-electron chi connectivity index (χ4n) is 2.21. The Bertz CT molecular complexity index is 374. The van der Waals surface area contributed by atoms with Crippen LogP contribution in [0.4, 0.5) is 4.39 Å². The van der Waals surface area contributed by atoms with Crippen molar-refractivity contribution in [1.82, 2.24) is 5.32 Å². The largest absolute Gasteiger partial charge is 0.490 e. The van der Waals surface area contributed by atoms with E-state index in [0.717, 1.165) is 31.2 Å². The third-order valence-electron chi connectivity index (χ3n) is 3.28. The van der Waals surface area contributed by atoms with E-state index in [1.807, 2.05) is 13.1 Å². The third kappa shape index (κ3) is 3.19. The molecule has 94 valence electrons. The quantitative estimate of drug-likeness (QED) is 0.850. The minimum absolute atomic E-state index is 0.199. The molecular formula is C14H20FNO. The van der Waals surface area contributed by atoms with Crippen molar-refractivity contribution in [3.05, 3.63) is 29.6 Å². The first-order valence-corrected chi connectivity index (χ1v) is 6.34. The van der Waals surface area contributed by atoms with Crippen molar-refractivity contribution in [2.45, 2.75) is 44.8 Å². The first-order chi connectivity index (χ1) is 8.21. The molecule has 0 saturated heterocycles. The lowest BCUT2D eigenvalue weighted by molar-refractivity contribution is 0.0881. The second-order valence-electron chi connectivity index (χ2n) is 4.74. The highest BCUT2D eigenvalue weighted by atomic mass is 19.1. The highest BCUT2D eigenvalue weighted by molar-refractivity contribution is 5.30. The Hall–Kier alpha value is -1.09. The second-order valence-corrected chi connectivity index (χ2v) is 4.74. The van der Waals surface area contributed by atoms with Gasteiger partial charge in [-0.15, -0.1) is 0 Å². The lowest BCUT2D eigenvalue weighted by atomic mass is 9.89. The van der Waals surface area contributed by atoms with Crippen molar-refractivity contribution < 1.29 is 9.13 Å². The molecule has 1 fully saturated rings. The first-order valence-electron chi connectivity index (χ1n) is 6.34. The van der Waals surface area contributed by atoms with Crippen LogP contribution in [0, 0.1) is 5.82 Å². The fourth-order valence-corrected chi connectivity index (χ4v) is 2.21. The summed E-state index contributed by atoms with van der Waals surface area (Å²) >= 11 is 0. The van der Waals surface area contributed by atoms with Gasteiger partial charge in [-0.25, -0.2) is 4.39 Å². The van der Waals surface area contributed by atoms with Gasteiger partial charge in [0.2, 0.25) is 0 Å². The number of rotatable bonds is 5. The topological polar surface area (TPSA) is 21.3 Å². The molecule has 1 aromatic rings. The summed E-state index contributed by atoms with van der Waals surface area (Å²) in [4.78, 5) is 0. The van der Waals surface area contributed by atoms with E-state index < -0.39 is 0 Å². The molecule has 1 saturated carbocycles. The summed E-state index contributed by atoms with van der Waals surface area (Å²) in [5.74, 6) is 0.475. The summed E-state index contributed by atoms with van der Waals surface area (Å²) in [5.41, 5.74) is 1.02. The smallest absolute Gasteiger partial charge is 0.127 e. The van der Waals surface area contributed by atoms with Gasteiger partial charge in [0.1, 0.15) is 17.7 Å². The van der Waals surface area contributed by atoms with Gasteiger partial charge in [-0.05, 0) is 44.0 Å². The van der Waals surface area contributed by atoms with E-state index in [-0.39, 0.29) is 11.9 Å². The normalized spacial score (nSPS) is 23.2. The summed E-state index contributed by atoms with van der Waals surface area (Å²) in [7, 11) is 1.96. The molecule has 0 radical (unpaired) electrons. The van der Waals surface area contributed by atoms with Crippen LogP contribution in [0.25, 0.3) is 0 Å². The summed E-state index contributed by atoms with van der Waals surface area (Å²) in [6.07, 6.45) is 4.18. The number of nitrogens with one attached hydrogen (secondary N) is 1. The van der Waals surface area contributed by atoms with E-state index in [2.05, 4.69) is 12.2 Å². The molecule has 17 heavy (non-hydrogen) atoms. The Morgan fingerprint density at radius 2 is 2.12 bits per heavy atom. The second kappa shape index (κ2) is 5.50. The standard InChI is InChI=1S/C14H20FNO/c1-3-4-10-5-11(15)7-13(6-10)17-14-8-12(9-14)16-2/h5-7,12,14,16H,3-4,8-9H2,1-2H3. The Labute approximate surface area is 102 Å². The van der Waals surface area contributed by atoms with Crippen LogP contribution in [0.1, 0.15) is 31.7 Å². The maximum absolute atomic E-state index is 13.4. The molecule has 2 rings (SSSR count). The molecule has 0 heterocycles. The number of halogens is 1. The van der Waals surface area contributed by atoms with Crippen LogP contribution < -0.4 is 10.1 Å². The SMILES string of the molecule is CCCc1cc(F)cc(OC2CC(NC)C2)c1. The van der Waals surface area contributed by atoms with E-state index in [0.29, 0.717) is 11.8 Å².